The normalized spacial score (nSPS) is 16.4. The number of carbonyl (C=O) groups is 3. The molecule has 7 heteroatoms. The highest BCUT2D eigenvalue weighted by Crippen LogP contribution is 2.25. The van der Waals surface area contributed by atoms with Gasteiger partial charge in [-0.05, 0) is 54.8 Å². The molecule has 33 heavy (non-hydrogen) atoms. The Morgan fingerprint density at radius 3 is 2.48 bits per heavy atom. The third-order valence-corrected chi connectivity index (χ3v) is 7.73. The first kappa shape index (κ1) is 23.5. The fourth-order valence-electron chi connectivity index (χ4n) is 4.87. The van der Waals surface area contributed by atoms with Gasteiger partial charge < -0.3 is 14.7 Å². The predicted molar refractivity (Wildman–Crippen MR) is 130 cm³/mol. The van der Waals surface area contributed by atoms with Crippen molar-refractivity contribution >= 4 is 29.1 Å². The minimum atomic E-state index is 0.0586. The SMILES string of the molecule is CCCN(C(=O)CCC(=O)N1CCc2sccc2C1)C1CCN(C(=O)c2ccccc2)CC1. The largest absolute Gasteiger partial charge is 0.340 e. The molecule has 6 nitrogen and oxygen atoms in total. The number of likely N-dealkylation sites (tertiary alicyclic amines) is 1. The Labute approximate surface area is 200 Å². The zero-order chi connectivity index (χ0) is 23.2. The van der Waals surface area contributed by atoms with Crippen molar-refractivity contribution < 1.29 is 14.4 Å². The van der Waals surface area contributed by atoms with Gasteiger partial charge in [-0.15, -0.1) is 11.3 Å². The van der Waals surface area contributed by atoms with Crippen LogP contribution in [-0.2, 0) is 22.6 Å². The van der Waals surface area contributed by atoms with Crippen LogP contribution in [0.2, 0.25) is 0 Å². The van der Waals surface area contributed by atoms with E-state index in [1.807, 2.05) is 45.0 Å². The lowest BCUT2D eigenvalue weighted by Crippen LogP contribution is -2.49. The Morgan fingerprint density at radius 2 is 1.76 bits per heavy atom. The van der Waals surface area contributed by atoms with Crippen LogP contribution in [0.15, 0.2) is 41.8 Å². The van der Waals surface area contributed by atoms with Crippen LogP contribution in [0.4, 0.5) is 0 Å². The van der Waals surface area contributed by atoms with Gasteiger partial charge in [-0.1, -0.05) is 25.1 Å². The van der Waals surface area contributed by atoms with Crippen molar-refractivity contribution in [3.05, 3.63) is 57.8 Å². The van der Waals surface area contributed by atoms with Crippen molar-refractivity contribution in [2.75, 3.05) is 26.2 Å². The van der Waals surface area contributed by atoms with Crippen molar-refractivity contribution in [1.29, 1.82) is 0 Å². The molecule has 0 saturated carbocycles. The highest BCUT2D eigenvalue weighted by atomic mass is 32.1. The number of hydrogen-bond acceptors (Lipinski definition) is 4. The number of hydrogen-bond donors (Lipinski definition) is 0. The van der Waals surface area contributed by atoms with Gasteiger partial charge in [0.15, 0.2) is 0 Å². The molecule has 176 valence electrons. The Balaban J connectivity index is 1.28. The first-order valence-electron chi connectivity index (χ1n) is 12.0. The number of fused-ring (bicyclic) bond motifs is 1. The molecule has 0 radical (unpaired) electrons. The molecule has 2 aliphatic rings. The summed E-state index contributed by atoms with van der Waals surface area (Å²) in [7, 11) is 0. The molecule has 3 amide bonds. The summed E-state index contributed by atoms with van der Waals surface area (Å²) in [6.07, 6.45) is 3.89. The molecular formula is C26H33N3O3S. The van der Waals surface area contributed by atoms with E-state index in [0.29, 0.717) is 31.7 Å². The van der Waals surface area contributed by atoms with Crippen molar-refractivity contribution in [2.24, 2.45) is 0 Å². The lowest BCUT2D eigenvalue weighted by molar-refractivity contribution is -0.139. The van der Waals surface area contributed by atoms with Crippen LogP contribution in [0, 0.1) is 0 Å². The van der Waals surface area contributed by atoms with Crippen LogP contribution in [0.1, 0.15) is 59.8 Å². The standard InChI is InChI=1S/C26H33N3O3S/c1-2-14-29(22-10-15-27(16-11-22)26(32)20-6-4-3-5-7-20)25(31)9-8-24(30)28-17-12-23-21(19-28)13-18-33-23/h3-7,13,18,22H,2,8-12,14-17,19H2,1H3. The first-order valence-corrected chi connectivity index (χ1v) is 12.9. The van der Waals surface area contributed by atoms with E-state index in [0.717, 1.165) is 32.2 Å². The van der Waals surface area contributed by atoms with Crippen molar-refractivity contribution in [2.45, 2.75) is 58.0 Å². The molecule has 1 saturated heterocycles. The van der Waals surface area contributed by atoms with E-state index < -0.39 is 0 Å². The molecule has 0 atom stereocenters. The highest BCUT2D eigenvalue weighted by molar-refractivity contribution is 7.10. The molecular weight excluding hydrogens is 434 g/mol. The molecule has 1 fully saturated rings. The number of piperidine rings is 1. The molecule has 0 N–H and O–H groups in total. The van der Waals surface area contributed by atoms with Gasteiger partial charge in [0, 0.05) is 62.0 Å². The smallest absolute Gasteiger partial charge is 0.253 e. The molecule has 0 unspecified atom stereocenters. The number of thiophene rings is 1. The van der Waals surface area contributed by atoms with Crippen molar-refractivity contribution in [1.82, 2.24) is 14.7 Å². The minimum Gasteiger partial charge on any atom is -0.340 e. The number of rotatable bonds is 7. The van der Waals surface area contributed by atoms with Crippen LogP contribution in [0.3, 0.4) is 0 Å². The molecule has 1 aromatic carbocycles. The molecule has 0 spiro atoms. The molecule has 1 aromatic heterocycles. The lowest BCUT2D eigenvalue weighted by atomic mass is 10.0. The minimum absolute atomic E-state index is 0.0586. The first-order chi connectivity index (χ1) is 16.1. The van der Waals surface area contributed by atoms with Crippen LogP contribution in [0.5, 0.6) is 0 Å². The zero-order valence-corrected chi connectivity index (χ0v) is 20.2. The Morgan fingerprint density at radius 1 is 1.00 bits per heavy atom. The summed E-state index contributed by atoms with van der Waals surface area (Å²) in [5.74, 6) is 0.189. The number of carbonyl (C=O) groups excluding carboxylic acids is 3. The summed E-state index contributed by atoms with van der Waals surface area (Å²) in [6.45, 7) is 5.49. The maximum atomic E-state index is 13.1. The summed E-state index contributed by atoms with van der Waals surface area (Å²) < 4.78 is 0. The maximum absolute atomic E-state index is 13.1. The summed E-state index contributed by atoms with van der Waals surface area (Å²) in [5.41, 5.74) is 1.96. The Kier molecular flexibility index (Phi) is 7.81. The van der Waals surface area contributed by atoms with Crippen molar-refractivity contribution in [3.8, 4) is 0 Å². The molecule has 2 aromatic rings. The van der Waals surface area contributed by atoms with Crippen LogP contribution >= 0.6 is 11.3 Å². The number of benzene rings is 1. The van der Waals surface area contributed by atoms with Gasteiger partial charge in [0.25, 0.3) is 5.91 Å². The topological polar surface area (TPSA) is 60.9 Å². The third kappa shape index (κ3) is 5.64. The van der Waals surface area contributed by atoms with E-state index in [-0.39, 0.29) is 36.6 Å². The highest BCUT2D eigenvalue weighted by Gasteiger charge is 2.30. The second-order valence-electron chi connectivity index (χ2n) is 8.91. The monoisotopic (exact) mass is 467 g/mol. The summed E-state index contributed by atoms with van der Waals surface area (Å²) in [5, 5.41) is 2.09. The molecule has 0 aliphatic carbocycles. The van der Waals surface area contributed by atoms with E-state index >= 15 is 0 Å². The fraction of sp³-hybridized carbons (Fsp3) is 0.500. The average Bonchev–Trinajstić information content (AvgIpc) is 3.34. The summed E-state index contributed by atoms with van der Waals surface area (Å²) in [6, 6.07) is 11.6. The maximum Gasteiger partial charge on any atom is 0.253 e. The Hall–Kier alpha value is -2.67. The van der Waals surface area contributed by atoms with Gasteiger partial charge in [-0.3, -0.25) is 14.4 Å². The predicted octanol–water partition coefficient (Wildman–Crippen LogP) is 3.96. The fourth-order valence-corrected chi connectivity index (χ4v) is 5.76. The van der Waals surface area contributed by atoms with Gasteiger partial charge in [-0.25, -0.2) is 0 Å². The van der Waals surface area contributed by atoms with E-state index in [4.69, 9.17) is 0 Å². The van der Waals surface area contributed by atoms with Gasteiger partial charge in [0.05, 0.1) is 0 Å². The van der Waals surface area contributed by atoms with E-state index in [1.54, 1.807) is 11.3 Å². The number of nitrogens with zero attached hydrogens (tertiary/aromatic N) is 3. The molecule has 0 bridgehead atoms. The summed E-state index contributed by atoms with van der Waals surface area (Å²) in [4.78, 5) is 45.7. The van der Waals surface area contributed by atoms with E-state index in [2.05, 4.69) is 18.4 Å². The Bertz CT molecular complexity index is 966. The van der Waals surface area contributed by atoms with Crippen LogP contribution in [0.25, 0.3) is 0 Å². The van der Waals surface area contributed by atoms with E-state index in [1.165, 1.54) is 10.4 Å². The van der Waals surface area contributed by atoms with Gasteiger partial charge in [-0.2, -0.15) is 0 Å². The molecule has 2 aliphatic heterocycles. The van der Waals surface area contributed by atoms with Gasteiger partial charge >= 0.3 is 0 Å². The van der Waals surface area contributed by atoms with E-state index in [9.17, 15) is 14.4 Å². The van der Waals surface area contributed by atoms with Gasteiger partial charge in [0.1, 0.15) is 0 Å². The van der Waals surface area contributed by atoms with Gasteiger partial charge in [0.2, 0.25) is 11.8 Å². The molecule has 4 rings (SSSR count). The number of amides is 3. The second-order valence-corrected chi connectivity index (χ2v) is 9.91. The zero-order valence-electron chi connectivity index (χ0n) is 19.4. The summed E-state index contributed by atoms with van der Waals surface area (Å²) >= 11 is 1.76. The lowest BCUT2D eigenvalue weighted by Gasteiger charge is -2.38. The third-order valence-electron chi connectivity index (χ3n) is 6.71. The average molecular weight is 468 g/mol. The van der Waals surface area contributed by atoms with Crippen LogP contribution < -0.4 is 0 Å². The van der Waals surface area contributed by atoms with Crippen molar-refractivity contribution in [3.63, 3.8) is 0 Å². The quantitative estimate of drug-likeness (QED) is 0.619. The molecule has 3 heterocycles. The van der Waals surface area contributed by atoms with Crippen LogP contribution in [-0.4, -0.2) is 64.6 Å². The second kappa shape index (κ2) is 11.0.